The number of fused-ring (bicyclic) bond motifs is 2. The Hall–Kier alpha value is -2.75. The summed E-state index contributed by atoms with van der Waals surface area (Å²) in [5, 5.41) is 3.40. The fourth-order valence-electron chi connectivity index (χ4n) is 3.13. The summed E-state index contributed by atoms with van der Waals surface area (Å²) in [7, 11) is 0. The van der Waals surface area contributed by atoms with Crippen molar-refractivity contribution in [1.82, 2.24) is 19.9 Å². The molecule has 10 heteroatoms. The van der Waals surface area contributed by atoms with Gasteiger partial charge < -0.3 is 9.97 Å². The van der Waals surface area contributed by atoms with Crippen molar-refractivity contribution >= 4 is 55.9 Å². The van der Waals surface area contributed by atoms with Gasteiger partial charge in [0.05, 0.1) is 22.2 Å². The van der Waals surface area contributed by atoms with Crippen molar-refractivity contribution in [2.24, 2.45) is 0 Å². The van der Waals surface area contributed by atoms with E-state index in [1.807, 2.05) is 23.6 Å². The molecule has 3 heterocycles. The highest BCUT2D eigenvalue weighted by Crippen LogP contribution is 2.35. The fourth-order valence-corrected chi connectivity index (χ4v) is 5.08. The Bertz CT molecular complexity index is 1440. The SMILES string of the molecule is O=c1[nH]c(CSc2nc3cc(F)c(F)cc3[nH]2)nc2scc(-c3ccccc3Cl)c12. The summed E-state index contributed by atoms with van der Waals surface area (Å²) >= 11 is 8.92. The van der Waals surface area contributed by atoms with Crippen molar-refractivity contribution in [3.05, 3.63) is 74.6 Å². The highest BCUT2D eigenvalue weighted by atomic mass is 35.5. The molecule has 0 saturated heterocycles. The smallest absolute Gasteiger partial charge is 0.260 e. The topological polar surface area (TPSA) is 74.4 Å². The molecule has 2 aromatic carbocycles. The van der Waals surface area contributed by atoms with E-state index in [9.17, 15) is 13.6 Å². The summed E-state index contributed by atoms with van der Waals surface area (Å²) < 4.78 is 26.7. The van der Waals surface area contributed by atoms with Crippen LogP contribution < -0.4 is 5.56 Å². The number of hydrogen-bond acceptors (Lipinski definition) is 5. The van der Waals surface area contributed by atoms with Gasteiger partial charge in [0.1, 0.15) is 10.7 Å². The number of thioether (sulfide) groups is 1. The highest BCUT2D eigenvalue weighted by molar-refractivity contribution is 7.98. The zero-order valence-electron chi connectivity index (χ0n) is 15.0. The number of hydrogen-bond donors (Lipinski definition) is 2. The van der Waals surface area contributed by atoms with E-state index in [4.69, 9.17) is 11.6 Å². The zero-order chi connectivity index (χ0) is 20.8. The van der Waals surface area contributed by atoms with Crippen LogP contribution in [-0.2, 0) is 5.75 Å². The van der Waals surface area contributed by atoms with Crippen molar-refractivity contribution < 1.29 is 8.78 Å². The van der Waals surface area contributed by atoms with Gasteiger partial charge in [0.15, 0.2) is 16.8 Å². The number of benzene rings is 2. The largest absolute Gasteiger partial charge is 0.333 e. The number of thiophene rings is 1. The van der Waals surface area contributed by atoms with Gasteiger partial charge in [-0.1, -0.05) is 41.6 Å². The molecule has 30 heavy (non-hydrogen) atoms. The molecule has 0 radical (unpaired) electrons. The summed E-state index contributed by atoms with van der Waals surface area (Å²) in [6.45, 7) is 0. The summed E-state index contributed by atoms with van der Waals surface area (Å²) in [5.41, 5.74) is 2.00. The number of aromatic amines is 2. The van der Waals surface area contributed by atoms with Crippen molar-refractivity contribution in [1.29, 1.82) is 0 Å². The maximum atomic E-state index is 13.4. The predicted octanol–water partition coefficient (Wildman–Crippen LogP) is 5.75. The molecule has 0 amide bonds. The van der Waals surface area contributed by atoms with E-state index >= 15 is 0 Å². The number of nitrogens with one attached hydrogen (secondary N) is 2. The predicted molar refractivity (Wildman–Crippen MR) is 116 cm³/mol. The van der Waals surface area contributed by atoms with E-state index < -0.39 is 11.6 Å². The Morgan fingerprint density at radius 3 is 2.70 bits per heavy atom. The first-order valence-corrected chi connectivity index (χ1v) is 11.0. The average Bonchev–Trinajstić information content (AvgIpc) is 3.31. The summed E-state index contributed by atoms with van der Waals surface area (Å²) in [6.07, 6.45) is 0. The van der Waals surface area contributed by atoms with Crippen molar-refractivity contribution in [2.75, 3.05) is 0 Å². The minimum Gasteiger partial charge on any atom is -0.333 e. The molecule has 5 aromatic rings. The fraction of sp³-hybridized carbons (Fsp3) is 0.0500. The van der Waals surface area contributed by atoms with Gasteiger partial charge in [0, 0.05) is 33.7 Å². The lowest BCUT2D eigenvalue weighted by atomic mass is 10.1. The molecule has 2 N–H and O–H groups in total. The van der Waals surface area contributed by atoms with E-state index in [2.05, 4.69) is 19.9 Å². The summed E-state index contributed by atoms with van der Waals surface area (Å²) in [6, 6.07) is 9.44. The Morgan fingerprint density at radius 2 is 1.87 bits per heavy atom. The minimum atomic E-state index is -0.950. The lowest BCUT2D eigenvalue weighted by Crippen LogP contribution is -2.10. The molecule has 5 rings (SSSR count). The van der Waals surface area contributed by atoms with Crippen molar-refractivity contribution in [2.45, 2.75) is 10.9 Å². The van der Waals surface area contributed by atoms with Crippen molar-refractivity contribution in [3.8, 4) is 11.1 Å². The molecule has 0 aliphatic heterocycles. The monoisotopic (exact) mass is 460 g/mol. The van der Waals surface area contributed by atoms with Crippen molar-refractivity contribution in [3.63, 3.8) is 0 Å². The zero-order valence-corrected chi connectivity index (χ0v) is 17.4. The lowest BCUT2D eigenvalue weighted by molar-refractivity contribution is 0.510. The van der Waals surface area contributed by atoms with Crippen LogP contribution in [-0.4, -0.2) is 19.9 Å². The van der Waals surface area contributed by atoms with Gasteiger partial charge in [-0.2, -0.15) is 0 Å². The number of halogens is 3. The molecular formula is C20H11ClF2N4OS2. The van der Waals surface area contributed by atoms with Gasteiger partial charge in [-0.25, -0.2) is 18.7 Å². The van der Waals surface area contributed by atoms with Gasteiger partial charge in [0.25, 0.3) is 5.56 Å². The maximum Gasteiger partial charge on any atom is 0.260 e. The van der Waals surface area contributed by atoms with Crippen LogP contribution in [0.3, 0.4) is 0 Å². The van der Waals surface area contributed by atoms with E-state index in [-0.39, 0.29) is 5.56 Å². The molecule has 0 atom stereocenters. The first-order valence-electron chi connectivity index (χ1n) is 8.72. The molecule has 3 aromatic heterocycles. The first kappa shape index (κ1) is 19.2. The Labute approximate surface area is 181 Å². The summed E-state index contributed by atoms with van der Waals surface area (Å²) in [4.78, 5) is 27.9. The van der Waals surface area contributed by atoms with Crippen LogP contribution in [0.2, 0.25) is 5.02 Å². The number of aromatic nitrogens is 4. The van der Waals surface area contributed by atoms with Crippen LogP contribution in [0.15, 0.2) is 51.7 Å². The van der Waals surface area contributed by atoms with Gasteiger partial charge in [-0.05, 0) is 6.07 Å². The van der Waals surface area contributed by atoms with Gasteiger partial charge in [-0.15, -0.1) is 11.3 Å². The van der Waals surface area contributed by atoms with Crippen LogP contribution in [0.1, 0.15) is 5.82 Å². The van der Waals surface area contributed by atoms with E-state index in [1.54, 1.807) is 6.07 Å². The van der Waals surface area contributed by atoms with E-state index in [1.165, 1.54) is 23.1 Å². The second-order valence-corrected chi connectivity index (χ2v) is 8.67. The van der Waals surface area contributed by atoms with Gasteiger partial charge >= 0.3 is 0 Å². The molecule has 0 aliphatic carbocycles. The molecule has 0 bridgehead atoms. The first-order chi connectivity index (χ1) is 14.5. The quantitative estimate of drug-likeness (QED) is 0.335. The van der Waals surface area contributed by atoms with Gasteiger partial charge in [-0.3, -0.25) is 4.79 Å². The Morgan fingerprint density at radius 1 is 1.07 bits per heavy atom. The number of rotatable bonds is 4. The third kappa shape index (κ3) is 3.38. The third-order valence-corrected chi connectivity index (χ3v) is 6.59. The molecule has 0 aliphatic rings. The molecular weight excluding hydrogens is 450 g/mol. The Kier molecular flexibility index (Phi) is 4.80. The molecule has 0 fully saturated rings. The molecule has 0 saturated carbocycles. The van der Waals surface area contributed by atoms with Crippen LogP contribution in [0.25, 0.3) is 32.4 Å². The lowest BCUT2D eigenvalue weighted by Gasteiger charge is -2.03. The number of imidazole rings is 1. The normalized spacial score (nSPS) is 11.6. The number of nitrogens with zero attached hydrogens (tertiary/aromatic N) is 2. The minimum absolute atomic E-state index is 0.250. The number of H-pyrrole nitrogens is 2. The standard InChI is InChI=1S/C20H11ClF2N4OS2/c21-11-4-2-1-3-9(11)10-7-29-19-17(10)18(28)26-16(27-19)8-30-20-24-14-5-12(22)13(23)6-15(14)25-20/h1-7H,8H2,(H,24,25)(H,26,27,28). The molecule has 0 spiro atoms. The molecule has 150 valence electrons. The highest BCUT2D eigenvalue weighted by Gasteiger charge is 2.15. The average molecular weight is 461 g/mol. The third-order valence-electron chi connectivity index (χ3n) is 4.50. The maximum absolute atomic E-state index is 13.4. The molecule has 5 nitrogen and oxygen atoms in total. The second-order valence-electron chi connectivity index (χ2n) is 6.44. The van der Waals surface area contributed by atoms with E-state index in [0.717, 1.165) is 23.3 Å². The van der Waals surface area contributed by atoms with Gasteiger partial charge in [0.2, 0.25) is 0 Å². The van der Waals surface area contributed by atoms with E-state index in [0.29, 0.717) is 43.0 Å². The van der Waals surface area contributed by atoms with Crippen LogP contribution in [0.4, 0.5) is 8.78 Å². The Balaban J connectivity index is 1.45. The summed E-state index contributed by atoms with van der Waals surface area (Å²) in [5.74, 6) is -1.09. The second kappa shape index (κ2) is 7.50. The molecule has 0 unspecified atom stereocenters. The van der Waals surface area contributed by atoms with Crippen LogP contribution >= 0.6 is 34.7 Å². The van der Waals surface area contributed by atoms with Crippen LogP contribution in [0, 0.1) is 11.6 Å². The van der Waals surface area contributed by atoms with Crippen LogP contribution in [0.5, 0.6) is 0 Å².